The molecule has 0 heterocycles. The largest absolute Gasteiger partial charge is 0.339 e. The SMILES string of the molecule is CNCOC(C)(N)C(=O)C(C)C. The second kappa shape index (κ2) is 4.54. The summed E-state index contributed by atoms with van der Waals surface area (Å²) in [6.45, 7) is 5.46. The van der Waals surface area contributed by atoms with E-state index >= 15 is 0 Å². The van der Waals surface area contributed by atoms with Crippen LogP contribution < -0.4 is 11.1 Å². The Morgan fingerprint density at radius 2 is 2.17 bits per heavy atom. The summed E-state index contributed by atoms with van der Waals surface area (Å²) in [6.07, 6.45) is 0. The Labute approximate surface area is 73.5 Å². The number of carbonyl (C=O) groups is 1. The molecule has 0 radical (unpaired) electrons. The van der Waals surface area contributed by atoms with Crippen LogP contribution in [0.5, 0.6) is 0 Å². The fourth-order valence-electron chi connectivity index (χ4n) is 0.866. The van der Waals surface area contributed by atoms with Crippen LogP contribution in [0, 0.1) is 5.92 Å². The van der Waals surface area contributed by atoms with E-state index in [1.807, 2.05) is 0 Å². The number of ketones is 1. The van der Waals surface area contributed by atoms with Crippen LogP contribution in [0.4, 0.5) is 0 Å². The zero-order valence-corrected chi connectivity index (χ0v) is 8.18. The van der Waals surface area contributed by atoms with E-state index in [9.17, 15) is 4.79 Å². The number of hydrogen-bond donors (Lipinski definition) is 2. The molecule has 0 spiro atoms. The van der Waals surface area contributed by atoms with Gasteiger partial charge in [0.2, 0.25) is 0 Å². The van der Waals surface area contributed by atoms with Crippen molar-refractivity contribution in [3.63, 3.8) is 0 Å². The number of Topliss-reactive ketones (excluding diaryl/α,β-unsaturated/α-hetero) is 1. The standard InChI is InChI=1S/C8H18N2O2/c1-6(2)7(11)8(3,9)12-5-10-4/h6,10H,5,9H2,1-4H3. The highest BCUT2D eigenvalue weighted by atomic mass is 16.5. The van der Waals surface area contributed by atoms with Crippen LogP contribution in [0.1, 0.15) is 20.8 Å². The van der Waals surface area contributed by atoms with Gasteiger partial charge in [-0.1, -0.05) is 13.8 Å². The van der Waals surface area contributed by atoms with Gasteiger partial charge in [0.25, 0.3) is 0 Å². The molecule has 0 saturated heterocycles. The lowest BCUT2D eigenvalue weighted by Crippen LogP contribution is -2.50. The molecule has 4 heteroatoms. The summed E-state index contributed by atoms with van der Waals surface area (Å²) in [5.74, 6) is -0.186. The van der Waals surface area contributed by atoms with Gasteiger partial charge in [0.05, 0.1) is 6.73 Å². The van der Waals surface area contributed by atoms with E-state index in [1.54, 1.807) is 27.8 Å². The van der Waals surface area contributed by atoms with Crippen LogP contribution in [0.2, 0.25) is 0 Å². The first kappa shape index (κ1) is 11.6. The maximum absolute atomic E-state index is 11.4. The number of rotatable bonds is 5. The molecule has 4 nitrogen and oxygen atoms in total. The van der Waals surface area contributed by atoms with Crippen LogP contribution in [0.15, 0.2) is 0 Å². The van der Waals surface area contributed by atoms with Crippen molar-refractivity contribution < 1.29 is 9.53 Å². The number of nitrogens with two attached hydrogens (primary N) is 1. The van der Waals surface area contributed by atoms with Crippen molar-refractivity contribution in [3.8, 4) is 0 Å². The van der Waals surface area contributed by atoms with Gasteiger partial charge in [-0.15, -0.1) is 0 Å². The molecule has 1 unspecified atom stereocenters. The van der Waals surface area contributed by atoms with Gasteiger partial charge >= 0.3 is 0 Å². The predicted molar refractivity (Wildman–Crippen MR) is 47.4 cm³/mol. The molecule has 0 aliphatic carbocycles. The Bertz CT molecular complexity index is 155. The summed E-state index contributed by atoms with van der Waals surface area (Å²) in [5.41, 5.74) is 4.47. The highest BCUT2D eigenvalue weighted by Gasteiger charge is 2.30. The highest BCUT2D eigenvalue weighted by molar-refractivity contribution is 5.87. The smallest absolute Gasteiger partial charge is 0.181 e. The summed E-state index contributed by atoms with van der Waals surface area (Å²) in [7, 11) is 1.73. The Hall–Kier alpha value is -0.450. The summed E-state index contributed by atoms with van der Waals surface area (Å²) >= 11 is 0. The third-order valence-corrected chi connectivity index (χ3v) is 1.53. The molecule has 0 fully saturated rings. The molecule has 0 aromatic carbocycles. The Morgan fingerprint density at radius 3 is 2.50 bits per heavy atom. The van der Waals surface area contributed by atoms with Crippen LogP contribution >= 0.6 is 0 Å². The first-order valence-corrected chi connectivity index (χ1v) is 4.03. The van der Waals surface area contributed by atoms with E-state index in [0.29, 0.717) is 0 Å². The van der Waals surface area contributed by atoms with Crippen molar-refractivity contribution in [1.29, 1.82) is 0 Å². The second-order valence-corrected chi connectivity index (χ2v) is 3.27. The van der Waals surface area contributed by atoms with Gasteiger partial charge in [-0.2, -0.15) is 0 Å². The van der Waals surface area contributed by atoms with Gasteiger partial charge in [-0.3, -0.25) is 15.8 Å². The van der Waals surface area contributed by atoms with Crippen molar-refractivity contribution in [2.24, 2.45) is 11.7 Å². The summed E-state index contributed by atoms with van der Waals surface area (Å²) < 4.78 is 5.12. The molecule has 0 saturated carbocycles. The highest BCUT2D eigenvalue weighted by Crippen LogP contribution is 2.09. The van der Waals surface area contributed by atoms with E-state index < -0.39 is 5.72 Å². The number of hydrogen-bond acceptors (Lipinski definition) is 4. The van der Waals surface area contributed by atoms with Crippen LogP contribution in [-0.2, 0) is 9.53 Å². The first-order chi connectivity index (χ1) is 5.41. The lowest BCUT2D eigenvalue weighted by Gasteiger charge is -2.25. The number of nitrogens with one attached hydrogen (secondary N) is 1. The molecule has 1 atom stereocenters. The fourth-order valence-corrected chi connectivity index (χ4v) is 0.866. The Balaban J connectivity index is 4.09. The van der Waals surface area contributed by atoms with E-state index in [2.05, 4.69) is 5.32 Å². The van der Waals surface area contributed by atoms with Crippen LogP contribution in [-0.4, -0.2) is 25.3 Å². The minimum atomic E-state index is -1.17. The maximum Gasteiger partial charge on any atom is 0.181 e. The minimum absolute atomic E-state index is 0.0854. The quantitative estimate of drug-likeness (QED) is 0.579. The molecular weight excluding hydrogens is 156 g/mol. The predicted octanol–water partition coefficient (Wildman–Crippen LogP) is 0.0799. The van der Waals surface area contributed by atoms with E-state index in [1.165, 1.54) is 0 Å². The van der Waals surface area contributed by atoms with Gasteiger partial charge in [0.1, 0.15) is 0 Å². The van der Waals surface area contributed by atoms with Crippen LogP contribution in [0.25, 0.3) is 0 Å². The maximum atomic E-state index is 11.4. The van der Waals surface area contributed by atoms with Crippen molar-refractivity contribution in [2.75, 3.05) is 13.8 Å². The van der Waals surface area contributed by atoms with E-state index in [-0.39, 0.29) is 18.4 Å². The molecule has 0 aliphatic heterocycles. The van der Waals surface area contributed by atoms with E-state index in [4.69, 9.17) is 10.5 Å². The molecule has 72 valence electrons. The lowest BCUT2D eigenvalue weighted by atomic mass is 10.0. The molecule has 0 aromatic rings. The fraction of sp³-hybridized carbons (Fsp3) is 0.875. The number of ether oxygens (including phenoxy) is 1. The summed E-state index contributed by atoms with van der Waals surface area (Å²) in [6, 6.07) is 0. The number of carbonyl (C=O) groups excluding carboxylic acids is 1. The van der Waals surface area contributed by atoms with Gasteiger partial charge in [0.15, 0.2) is 11.5 Å². The molecule has 0 aliphatic rings. The van der Waals surface area contributed by atoms with Gasteiger partial charge in [-0.25, -0.2) is 0 Å². The zero-order valence-electron chi connectivity index (χ0n) is 8.18. The molecule has 0 rings (SSSR count). The monoisotopic (exact) mass is 174 g/mol. The lowest BCUT2D eigenvalue weighted by molar-refractivity contribution is -0.146. The minimum Gasteiger partial charge on any atom is -0.339 e. The third-order valence-electron chi connectivity index (χ3n) is 1.53. The summed E-state index contributed by atoms with van der Waals surface area (Å²) in [4.78, 5) is 11.4. The zero-order chi connectivity index (χ0) is 9.78. The average molecular weight is 174 g/mol. The van der Waals surface area contributed by atoms with Gasteiger partial charge < -0.3 is 4.74 Å². The normalized spacial score (nSPS) is 16.2. The molecular formula is C8H18N2O2. The Morgan fingerprint density at radius 1 is 1.67 bits per heavy atom. The van der Waals surface area contributed by atoms with Gasteiger partial charge in [-0.05, 0) is 14.0 Å². The average Bonchev–Trinajstić information content (AvgIpc) is 1.99. The van der Waals surface area contributed by atoms with Gasteiger partial charge in [0, 0.05) is 5.92 Å². The van der Waals surface area contributed by atoms with Crippen molar-refractivity contribution in [1.82, 2.24) is 5.32 Å². The molecule has 12 heavy (non-hydrogen) atoms. The molecule has 0 aromatic heterocycles. The van der Waals surface area contributed by atoms with Crippen molar-refractivity contribution in [2.45, 2.75) is 26.5 Å². The molecule has 3 N–H and O–H groups in total. The second-order valence-electron chi connectivity index (χ2n) is 3.27. The Kier molecular flexibility index (Phi) is 4.37. The van der Waals surface area contributed by atoms with Crippen molar-refractivity contribution in [3.05, 3.63) is 0 Å². The first-order valence-electron chi connectivity index (χ1n) is 4.03. The molecule has 0 bridgehead atoms. The topological polar surface area (TPSA) is 64.3 Å². The summed E-state index contributed by atoms with van der Waals surface area (Å²) in [5, 5.41) is 2.76. The van der Waals surface area contributed by atoms with E-state index in [0.717, 1.165) is 0 Å². The third kappa shape index (κ3) is 3.30. The van der Waals surface area contributed by atoms with Crippen molar-refractivity contribution >= 4 is 5.78 Å². The van der Waals surface area contributed by atoms with Crippen LogP contribution in [0.3, 0.4) is 0 Å². The molecule has 0 amide bonds.